The summed E-state index contributed by atoms with van der Waals surface area (Å²) in [5, 5.41) is 10.6. The Morgan fingerprint density at radius 3 is 2.92 bits per heavy atom. The van der Waals surface area contributed by atoms with Gasteiger partial charge >= 0.3 is 0 Å². The summed E-state index contributed by atoms with van der Waals surface area (Å²) in [4.78, 5) is 2.42. The van der Waals surface area contributed by atoms with E-state index in [9.17, 15) is 0 Å². The largest absolute Gasteiger partial charge is 0.309 e. The second-order valence-corrected chi connectivity index (χ2v) is 8.05. The normalized spacial score (nSPS) is 18.8. The maximum Gasteiger partial charge on any atom is 0.191 e. The van der Waals surface area contributed by atoms with Gasteiger partial charge in [-0.2, -0.15) is 0 Å². The van der Waals surface area contributed by atoms with Crippen LogP contribution in [-0.2, 0) is 7.05 Å². The number of thioether (sulfide) groups is 1. The molecule has 0 aliphatic carbocycles. The molecule has 1 fully saturated rings. The second kappa shape index (κ2) is 9.40. The molecule has 1 atom stereocenters. The Bertz CT molecular complexity index is 756. The van der Waals surface area contributed by atoms with Crippen LogP contribution in [0.5, 0.6) is 0 Å². The highest BCUT2D eigenvalue weighted by molar-refractivity contribution is 7.99. The van der Waals surface area contributed by atoms with Crippen LogP contribution in [-0.4, -0.2) is 45.1 Å². The highest BCUT2D eigenvalue weighted by Crippen LogP contribution is 2.28. The van der Waals surface area contributed by atoms with Crippen molar-refractivity contribution in [1.29, 1.82) is 0 Å². The van der Waals surface area contributed by atoms with Crippen LogP contribution in [0, 0.1) is 0 Å². The van der Waals surface area contributed by atoms with E-state index in [1.165, 1.54) is 0 Å². The fourth-order valence-electron chi connectivity index (χ4n) is 3.34. The lowest BCUT2D eigenvalue weighted by atomic mass is 9.97. The van der Waals surface area contributed by atoms with Crippen molar-refractivity contribution in [3.8, 4) is 0 Å². The molecule has 138 valence electrons. The van der Waals surface area contributed by atoms with E-state index in [0.717, 1.165) is 59.8 Å². The molecule has 1 aromatic carbocycles. The Kier molecular flexibility index (Phi) is 6.94. The molecule has 0 unspecified atom stereocenters. The predicted octanol–water partition coefficient (Wildman–Crippen LogP) is 4.55. The van der Waals surface area contributed by atoms with Gasteiger partial charge in [-0.15, -0.1) is 16.8 Å². The van der Waals surface area contributed by atoms with Gasteiger partial charge in [0.15, 0.2) is 5.16 Å². The van der Waals surface area contributed by atoms with Gasteiger partial charge < -0.3 is 4.57 Å². The SMILES string of the molecule is C=CCSc1nnc([C@H]2CCCN(C/C(Cl)=C/c3ccccc3)C2)n1C. The predicted molar refractivity (Wildman–Crippen MR) is 111 cm³/mol. The van der Waals surface area contributed by atoms with Crippen LogP contribution in [0.25, 0.3) is 6.08 Å². The number of hydrogen-bond acceptors (Lipinski definition) is 4. The van der Waals surface area contributed by atoms with Gasteiger partial charge in [-0.05, 0) is 31.0 Å². The van der Waals surface area contributed by atoms with Crippen LogP contribution in [0.4, 0.5) is 0 Å². The molecule has 0 amide bonds. The Morgan fingerprint density at radius 1 is 1.35 bits per heavy atom. The lowest BCUT2D eigenvalue weighted by Crippen LogP contribution is -2.36. The van der Waals surface area contributed by atoms with Gasteiger partial charge in [0.1, 0.15) is 5.82 Å². The maximum atomic E-state index is 6.51. The third-order valence-electron chi connectivity index (χ3n) is 4.57. The number of benzene rings is 1. The first-order valence-electron chi connectivity index (χ1n) is 8.94. The van der Waals surface area contributed by atoms with E-state index in [1.54, 1.807) is 11.8 Å². The number of likely N-dealkylation sites (tertiary alicyclic amines) is 1. The third kappa shape index (κ3) is 5.00. The molecule has 0 N–H and O–H groups in total. The Labute approximate surface area is 164 Å². The minimum atomic E-state index is 0.403. The van der Waals surface area contributed by atoms with Crippen molar-refractivity contribution < 1.29 is 0 Å². The lowest BCUT2D eigenvalue weighted by Gasteiger charge is -2.32. The zero-order chi connectivity index (χ0) is 18.4. The molecular weight excluding hydrogens is 364 g/mol. The molecule has 1 aliphatic heterocycles. The number of hydrogen-bond donors (Lipinski definition) is 0. The molecule has 1 aliphatic rings. The summed E-state index contributed by atoms with van der Waals surface area (Å²) in [7, 11) is 2.06. The number of halogens is 1. The van der Waals surface area contributed by atoms with Crippen molar-refractivity contribution in [2.45, 2.75) is 23.9 Å². The molecule has 3 rings (SSSR count). The minimum Gasteiger partial charge on any atom is -0.309 e. The van der Waals surface area contributed by atoms with Crippen molar-refractivity contribution in [2.24, 2.45) is 7.05 Å². The fraction of sp³-hybridized carbons (Fsp3) is 0.400. The summed E-state index contributed by atoms with van der Waals surface area (Å²) in [6.45, 7) is 6.59. The van der Waals surface area contributed by atoms with E-state index in [1.807, 2.05) is 24.3 Å². The molecule has 0 saturated carbocycles. The summed E-state index contributed by atoms with van der Waals surface area (Å²) in [6, 6.07) is 10.2. The fourth-order valence-corrected chi connectivity index (χ4v) is 4.29. The molecule has 26 heavy (non-hydrogen) atoms. The van der Waals surface area contributed by atoms with E-state index in [0.29, 0.717) is 5.92 Å². The lowest BCUT2D eigenvalue weighted by molar-refractivity contribution is 0.220. The maximum absolute atomic E-state index is 6.51. The molecule has 0 spiro atoms. The number of rotatable bonds is 7. The molecule has 4 nitrogen and oxygen atoms in total. The Hall–Kier alpha value is -1.56. The molecule has 2 heterocycles. The summed E-state index contributed by atoms with van der Waals surface area (Å²) >= 11 is 8.18. The molecule has 2 aromatic rings. The van der Waals surface area contributed by atoms with Crippen LogP contribution in [0.1, 0.15) is 30.1 Å². The van der Waals surface area contributed by atoms with Gasteiger partial charge in [0.05, 0.1) is 0 Å². The molecule has 1 aromatic heterocycles. The highest BCUT2D eigenvalue weighted by Gasteiger charge is 2.26. The van der Waals surface area contributed by atoms with Crippen molar-refractivity contribution in [3.05, 3.63) is 59.4 Å². The number of aromatic nitrogens is 3. The van der Waals surface area contributed by atoms with Crippen molar-refractivity contribution in [2.75, 3.05) is 25.4 Å². The van der Waals surface area contributed by atoms with Crippen LogP contribution >= 0.6 is 23.4 Å². The smallest absolute Gasteiger partial charge is 0.191 e. The van der Waals surface area contributed by atoms with E-state index < -0.39 is 0 Å². The number of piperidine rings is 1. The van der Waals surface area contributed by atoms with Crippen LogP contribution in [0.3, 0.4) is 0 Å². The Balaban J connectivity index is 1.63. The van der Waals surface area contributed by atoms with Crippen molar-refractivity contribution >= 4 is 29.4 Å². The Morgan fingerprint density at radius 2 is 2.15 bits per heavy atom. The van der Waals surface area contributed by atoms with Gasteiger partial charge in [-0.25, -0.2) is 0 Å². The van der Waals surface area contributed by atoms with Crippen LogP contribution < -0.4 is 0 Å². The van der Waals surface area contributed by atoms with Crippen LogP contribution in [0.2, 0.25) is 0 Å². The van der Waals surface area contributed by atoms with E-state index >= 15 is 0 Å². The van der Waals surface area contributed by atoms with Crippen LogP contribution in [0.15, 0.2) is 53.2 Å². The quantitative estimate of drug-likeness (QED) is 0.514. The van der Waals surface area contributed by atoms with E-state index in [2.05, 4.69) is 51.5 Å². The highest BCUT2D eigenvalue weighted by atomic mass is 35.5. The molecule has 1 saturated heterocycles. The first-order valence-corrected chi connectivity index (χ1v) is 10.3. The van der Waals surface area contributed by atoms with Gasteiger partial charge in [0.25, 0.3) is 0 Å². The summed E-state index contributed by atoms with van der Waals surface area (Å²) < 4.78 is 2.13. The average molecular weight is 389 g/mol. The molecular formula is C20H25ClN4S. The van der Waals surface area contributed by atoms with Gasteiger partial charge in [-0.3, -0.25) is 4.90 Å². The zero-order valence-electron chi connectivity index (χ0n) is 15.1. The first-order chi connectivity index (χ1) is 12.7. The van der Waals surface area contributed by atoms with E-state index in [-0.39, 0.29) is 0 Å². The monoisotopic (exact) mass is 388 g/mol. The van der Waals surface area contributed by atoms with Gasteiger partial charge in [-0.1, -0.05) is 59.8 Å². The third-order valence-corrected chi connectivity index (χ3v) is 5.81. The average Bonchev–Trinajstić information content (AvgIpc) is 3.01. The minimum absolute atomic E-state index is 0.403. The number of nitrogens with zero attached hydrogens (tertiary/aromatic N) is 4. The van der Waals surface area contributed by atoms with Crippen molar-refractivity contribution in [3.63, 3.8) is 0 Å². The summed E-state index contributed by atoms with van der Waals surface area (Å²) in [5.74, 6) is 2.33. The van der Waals surface area contributed by atoms with Gasteiger partial charge in [0.2, 0.25) is 0 Å². The standard InChI is InChI=1S/C20H25ClN4S/c1-3-12-26-20-23-22-19(24(20)2)17-10-7-11-25(14-17)15-18(21)13-16-8-5-4-6-9-16/h3-6,8-9,13,17H,1,7,10-12,14-15H2,2H3/b18-13-/t17-/m0/s1. The topological polar surface area (TPSA) is 34.0 Å². The molecule has 0 radical (unpaired) electrons. The summed E-state index contributed by atoms with van der Waals surface area (Å²) in [5.41, 5.74) is 1.14. The van der Waals surface area contributed by atoms with E-state index in [4.69, 9.17) is 11.6 Å². The zero-order valence-corrected chi connectivity index (χ0v) is 16.7. The summed E-state index contributed by atoms with van der Waals surface area (Å²) in [6.07, 6.45) is 6.25. The van der Waals surface area contributed by atoms with Gasteiger partial charge in [0, 0.05) is 36.8 Å². The second-order valence-electron chi connectivity index (χ2n) is 6.58. The first kappa shape index (κ1) is 19.2. The molecule has 6 heteroatoms. The van der Waals surface area contributed by atoms with Crippen molar-refractivity contribution in [1.82, 2.24) is 19.7 Å². The molecule has 0 bridgehead atoms.